The van der Waals surface area contributed by atoms with Crippen LogP contribution >= 0.6 is 0 Å². The summed E-state index contributed by atoms with van der Waals surface area (Å²) in [5, 5.41) is 0. The zero-order valence-electron chi connectivity index (χ0n) is 43.5. The number of nitrogens with two attached hydrogens (primary N) is 21. The molecule has 0 aromatic heterocycles. The van der Waals surface area contributed by atoms with E-state index in [1.165, 1.54) is 0 Å². The number of nitrogens with zero attached hydrogens (tertiary/aromatic N) is 7. The SMILES string of the molecule is NC(N)=NCCC[C@H](N)C(=O)C(N)(CN(CC(N)(C(=O)[C@@H](N)CCCN=C(N)N)C(=O)[C@@H](N)CCCN=C(N)N)CC(N)(C(=O)[C@@H](N)CCCN=C(N)N)C(=O)[C@@H](N)CCCN=C(N)N)C(=O)[C@@H](N)CCCN=C(N)N. The van der Waals surface area contributed by atoms with Crippen molar-refractivity contribution in [2.24, 2.45) is 150 Å². The molecule has 42 N–H and O–H groups in total. The third kappa shape index (κ3) is 24.3. The second kappa shape index (κ2) is 34.0. The molecule has 0 aliphatic heterocycles. The Morgan fingerprint density at radius 1 is 0.289 bits per heavy atom. The lowest BCUT2D eigenvalue weighted by Crippen LogP contribution is -2.75. The van der Waals surface area contributed by atoms with E-state index in [1.54, 1.807) is 0 Å². The van der Waals surface area contributed by atoms with E-state index in [2.05, 4.69) is 30.0 Å². The molecule has 0 spiro atoms. The minimum Gasteiger partial charge on any atom is -0.370 e. The van der Waals surface area contributed by atoms with Crippen LogP contribution in [-0.4, -0.2) is 187 Å². The van der Waals surface area contributed by atoms with Crippen molar-refractivity contribution in [1.29, 1.82) is 0 Å². The highest BCUT2D eigenvalue weighted by Gasteiger charge is 2.54. The van der Waals surface area contributed by atoms with Gasteiger partial charge in [-0.25, -0.2) is 0 Å². The predicted molar refractivity (Wildman–Crippen MR) is 295 cm³/mol. The van der Waals surface area contributed by atoms with Gasteiger partial charge in [0.25, 0.3) is 0 Å². The number of hydrogen-bond donors (Lipinski definition) is 21. The molecule has 6 atom stereocenters. The van der Waals surface area contributed by atoms with E-state index in [4.69, 9.17) is 120 Å². The summed E-state index contributed by atoms with van der Waals surface area (Å²) in [4.78, 5) is 113. The minimum atomic E-state index is -2.83. The number of carbonyl (C=O) groups excluding carboxylic acids is 6. The number of aliphatic imine (C=N–C) groups is 6. The van der Waals surface area contributed by atoms with Crippen LogP contribution in [0.25, 0.3) is 0 Å². The Morgan fingerprint density at radius 2 is 0.421 bits per heavy atom. The highest BCUT2D eigenvalue weighted by molar-refractivity contribution is 6.17. The molecule has 434 valence electrons. The van der Waals surface area contributed by atoms with Gasteiger partial charge in [-0.3, -0.25) is 63.6 Å². The molecule has 0 saturated heterocycles. The average Bonchev–Trinajstić information content (AvgIpc) is 3.34. The molecule has 0 heterocycles. The first-order valence-electron chi connectivity index (χ1n) is 24.5. The van der Waals surface area contributed by atoms with Crippen LogP contribution in [0.2, 0.25) is 0 Å². The number of guanidine groups is 6. The third-order valence-electron chi connectivity index (χ3n) is 11.9. The summed E-state index contributed by atoms with van der Waals surface area (Å²) in [5.74, 6) is -8.30. The van der Waals surface area contributed by atoms with Crippen molar-refractivity contribution in [1.82, 2.24) is 4.90 Å². The van der Waals surface area contributed by atoms with Crippen molar-refractivity contribution in [3.05, 3.63) is 0 Å². The van der Waals surface area contributed by atoms with Gasteiger partial charge in [-0.2, -0.15) is 0 Å². The van der Waals surface area contributed by atoms with Crippen LogP contribution in [0, 0.1) is 0 Å². The lowest BCUT2D eigenvalue weighted by Gasteiger charge is -2.43. The van der Waals surface area contributed by atoms with Crippen LogP contribution in [0.1, 0.15) is 77.0 Å². The molecule has 34 nitrogen and oxygen atoms in total. The van der Waals surface area contributed by atoms with Crippen LogP contribution in [0.15, 0.2) is 30.0 Å². The lowest BCUT2D eigenvalue weighted by molar-refractivity contribution is -0.139. The number of rotatable bonds is 42. The average molecular weight is 1080 g/mol. The highest BCUT2D eigenvalue weighted by atomic mass is 16.2. The van der Waals surface area contributed by atoms with Gasteiger partial charge in [0.1, 0.15) is 0 Å². The van der Waals surface area contributed by atoms with Crippen LogP contribution in [0.4, 0.5) is 0 Å². The minimum absolute atomic E-state index is 0.00193. The van der Waals surface area contributed by atoms with Gasteiger partial charge in [-0.15, -0.1) is 0 Å². The molecule has 0 saturated carbocycles. The number of hydrogen-bond acceptors (Lipinski definition) is 22. The monoisotopic (exact) mass is 1080 g/mol. The molecule has 0 bridgehead atoms. The van der Waals surface area contributed by atoms with Gasteiger partial charge in [0.2, 0.25) is 0 Å². The van der Waals surface area contributed by atoms with Gasteiger partial charge >= 0.3 is 0 Å². The normalized spacial score (nSPS) is 14.1. The van der Waals surface area contributed by atoms with Gasteiger partial charge in [-0.05, 0) is 77.0 Å². The smallest absolute Gasteiger partial charge is 0.185 e. The van der Waals surface area contributed by atoms with E-state index in [0.29, 0.717) is 0 Å². The van der Waals surface area contributed by atoms with Gasteiger partial charge in [0.05, 0.1) is 36.3 Å². The second-order valence-electron chi connectivity index (χ2n) is 18.6. The molecule has 0 aromatic carbocycles. The largest absolute Gasteiger partial charge is 0.370 e. The molecule has 0 aliphatic rings. The Hall–Kier alpha value is -6.76. The topological polar surface area (TPSA) is 726 Å². The van der Waals surface area contributed by atoms with E-state index in [1.807, 2.05) is 0 Å². The molecule has 34 heteroatoms. The molecule has 0 aromatic rings. The van der Waals surface area contributed by atoms with Gasteiger partial charge < -0.3 is 120 Å². The zero-order chi connectivity index (χ0) is 58.6. The van der Waals surface area contributed by atoms with Crippen LogP contribution in [0.5, 0.6) is 0 Å². The van der Waals surface area contributed by atoms with E-state index < -0.39 is 107 Å². The molecule has 0 aliphatic carbocycles. The summed E-state index contributed by atoms with van der Waals surface area (Å²) in [6.45, 7) is -3.26. The molecule has 0 unspecified atom stereocenters. The maximum atomic E-state index is 14.9. The summed E-state index contributed by atoms with van der Waals surface area (Å²) >= 11 is 0. The van der Waals surface area contributed by atoms with Gasteiger partial charge in [0.15, 0.2) is 87.1 Å². The lowest BCUT2D eigenvalue weighted by atomic mass is 9.76. The molecule has 0 fully saturated rings. The Kier molecular flexibility index (Phi) is 31.0. The number of ketones is 6. The van der Waals surface area contributed by atoms with Crippen molar-refractivity contribution >= 4 is 70.5 Å². The Morgan fingerprint density at radius 3 is 0.539 bits per heavy atom. The quantitative estimate of drug-likeness (QED) is 0.0117. The van der Waals surface area contributed by atoms with Gasteiger partial charge in [-0.1, -0.05) is 0 Å². The molecule has 76 heavy (non-hydrogen) atoms. The fourth-order valence-corrected chi connectivity index (χ4v) is 7.95. The van der Waals surface area contributed by atoms with Crippen LogP contribution in [0.3, 0.4) is 0 Å². The Bertz CT molecular complexity index is 1720. The standard InChI is InChI=1S/C42H90N28O6/c43-22(7-1-13-64-34(49)50)28(71)40(61,29(72)23(44)8-2-14-65-35(51)52)19-70(20-41(62,30(73)24(45)9-3-15-66-36(53)54)31(74)25(46)10-4-16-67-37(55)56)21-42(63,32(75)26(47)11-5-17-68-38(57)58)33(76)27(48)12-6-18-69-39(59)60/h22-27H,1-21,43-48,61-63H2,(H4,49,50,64)(H4,51,52,65)(H4,53,54,66)(H4,55,56,67)(H4,57,58,68)(H4,59,60,69)/t22-,23-,24-,25-,26-,27-/m0/s1. The molecule has 0 rings (SSSR count). The highest BCUT2D eigenvalue weighted by Crippen LogP contribution is 2.24. The van der Waals surface area contributed by atoms with E-state index >= 15 is 0 Å². The second-order valence-corrected chi connectivity index (χ2v) is 18.6. The Labute approximate surface area is 442 Å². The summed E-state index contributed by atoms with van der Waals surface area (Å²) in [7, 11) is 0. The van der Waals surface area contributed by atoms with Crippen LogP contribution < -0.4 is 120 Å². The van der Waals surface area contributed by atoms with E-state index in [0.717, 1.165) is 4.90 Å². The maximum absolute atomic E-state index is 14.9. The molecular weight excluding hydrogens is 993 g/mol. The number of carbonyl (C=O) groups is 6. The van der Waals surface area contributed by atoms with Gasteiger partial charge in [0, 0.05) is 58.9 Å². The zero-order valence-corrected chi connectivity index (χ0v) is 43.5. The first kappa shape index (κ1) is 69.2. The summed E-state index contributed by atoms with van der Waals surface area (Å²) in [5.41, 5.74) is 117. The molecular formula is C42H90N28O6. The molecule has 0 amide bonds. The van der Waals surface area contributed by atoms with Crippen molar-refractivity contribution in [3.63, 3.8) is 0 Å². The van der Waals surface area contributed by atoms with Crippen molar-refractivity contribution in [3.8, 4) is 0 Å². The molecule has 0 radical (unpaired) electrons. The fourth-order valence-electron chi connectivity index (χ4n) is 7.95. The van der Waals surface area contributed by atoms with Crippen molar-refractivity contribution in [2.75, 3.05) is 58.9 Å². The van der Waals surface area contributed by atoms with E-state index in [9.17, 15) is 28.8 Å². The van der Waals surface area contributed by atoms with Crippen LogP contribution in [-0.2, 0) is 28.8 Å². The summed E-state index contributed by atoms with van der Waals surface area (Å²) in [6, 6.07) is -9.30. The van der Waals surface area contributed by atoms with Crippen molar-refractivity contribution in [2.45, 2.75) is 130 Å². The first-order chi connectivity index (χ1) is 35.3. The third-order valence-corrected chi connectivity index (χ3v) is 11.9. The predicted octanol–water partition coefficient (Wildman–Crippen LogP) is -11.9. The van der Waals surface area contributed by atoms with Crippen molar-refractivity contribution < 1.29 is 28.8 Å². The summed E-state index contributed by atoms with van der Waals surface area (Å²) < 4.78 is 0. The first-order valence-corrected chi connectivity index (χ1v) is 24.5. The summed E-state index contributed by atoms with van der Waals surface area (Å²) in [6.07, 6.45) is -0.408. The fraction of sp³-hybridized carbons (Fsp3) is 0.714. The maximum Gasteiger partial charge on any atom is 0.185 e. The van der Waals surface area contributed by atoms with E-state index in [-0.39, 0.29) is 152 Å². The number of Topliss-reactive ketones (excluding diaryl/α,β-unsaturated/α-hetero) is 6. The Balaban J connectivity index is 8.59.